The molecule has 1 aliphatic rings. The molecule has 0 aliphatic carbocycles. The van der Waals surface area contributed by atoms with Crippen LogP contribution in [0.15, 0.2) is 36.4 Å². The summed E-state index contributed by atoms with van der Waals surface area (Å²) in [4.78, 5) is 13.8. The lowest BCUT2D eigenvalue weighted by atomic mass is 10.1. The first-order valence-corrected chi connectivity index (χ1v) is 7.05. The number of amides is 1. The van der Waals surface area contributed by atoms with Gasteiger partial charge >= 0.3 is 0 Å². The van der Waals surface area contributed by atoms with E-state index in [9.17, 15) is 9.18 Å². The summed E-state index contributed by atoms with van der Waals surface area (Å²) >= 11 is 5.90. The SMILES string of the molecule is Cc1ccc(N2CCC(=O)Nc3cc(F)c(Cl)cc32)cc1. The summed E-state index contributed by atoms with van der Waals surface area (Å²) in [5.74, 6) is -0.672. The minimum absolute atomic E-state index is 0.0435. The fourth-order valence-electron chi connectivity index (χ4n) is 2.40. The molecule has 21 heavy (non-hydrogen) atoms. The van der Waals surface area contributed by atoms with Crippen LogP contribution in [0.2, 0.25) is 5.02 Å². The highest BCUT2D eigenvalue weighted by Crippen LogP contribution is 2.37. The molecular formula is C16H14ClFN2O. The highest BCUT2D eigenvalue weighted by molar-refractivity contribution is 6.31. The van der Waals surface area contributed by atoms with Gasteiger partial charge in [0.25, 0.3) is 0 Å². The zero-order chi connectivity index (χ0) is 15.0. The number of hydrogen-bond acceptors (Lipinski definition) is 2. The quantitative estimate of drug-likeness (QED) is 0.853. The Balaban J connectivity index is 2.12. The number of hydrogen-bond donors (Lipinski definition) is 1. The summed E-state index contributed by atoms with van der Waals surface area (Å²) in [6.07, 6.45) is 0.335. The second kappa shape index (κ2) is 5.37. The molecule has 0 saturated carbocycles. The van der Waals surface area contributed by atoms with Gasteiger partial charge in [0, 0.05) is 24.7 Å². The number of carbonyl (C=O) groups excluding carboxylic acids is 1. The summed E-state index contributed by atoms with van der Waals surface area (Å²) in [6.45, 7) is 2.53. The molecule has 0 bridgehead atoms. The zero-order valence-corrected chi connectivity index (χ0v) is 12.2. The molecule has 0 atom stereocenters. The van der Waals surface area contributed by atoms with Crippen molar-refractivity contribution < 1.29 is 9.18 Å². The van der Waals surface area contributed by atoms with Crippen molar-refractivity contribution >= 4 is 34.6 Å². The predicted molar refractivity (Wildman–Crippen MR) is 82.8 cm³/mol. The predicted octanol–water partition coefficient (Wildman–Crippen LogP) is 4.27. The number of halogens is 2. The second-order valence-electron chi connectivity index (χ2n) is 5.07. The lowest BCUT2D eigenvalue weighted by molar-refractivity contribution is -0.115. The van der Waals surface area contributed by atoms with Crippen LogP contribution in [0.5, 0.6) is 0 Å². The number of aryl methyl sites for hydroxylation is 1. The standard InChI is InChI=1S/C16H14ClFN2O/c1-10-2-4-11(5-3-10)20-7-6-16(21)19-14-9-13(18)12(17)8-15(14)20/h2-5,8-9H,6-7H2,1H3,(H,19,21). The number of carbonyl (C=O) groups is 1. The van der Waals surface area contributed by atoms with Crippen molar-refractivity contribution in [2.24, 2.45) is 0 Å². The Morgan fingerprint density at radius 2 is 1.95 bits per heavy atom. The molecule has 2 aromatic carbocycles. The molecule has 0 fully saturated rings. The van der Waals surface area contributed by atoms with Gasteiger partial charge in [0.15, 0.2) is 0 Å². The van der Waals surface area contributed by atoms with E-state index in [-0.39, 0.29) is 10.9 Å². The molecule has 1 amide bonds. The van der Waals surface area contributed by atoms with Crippen LogP contribution in [0.4, 0.5) is 21.5 Å². The first-order valence-electron chi connectivity index (χ1n) is 6.68. The second-order valence-corrected chi connectivity index (χ2v) is 5.48. The normalized spacial score (nSPS) is 14.4. The van der Waals surface area contributed by atoms with Crippen molar-refractivity contribution in [1.82, 2.24) is 0 Å². The summed E-state index contributed by atoms with van der Waals surface area (Å²) in [7, 11) is 0. The van der Waals surface area contributed by atoms with Gasteiger partial charge in [-0.25, -0.2) is 4.39 Å². The zero-order valence-electron chi connectivity index (χ0n) is 11.5. The van der Waals surface area contributed by atoms with Gasteiger partial charge in [-0.3, -0.25) is 4.79 Å². The topological polar surface area (TPSA) is 32.3 Å². The van der Waals surface area contributed by atoms with E-state index < -0.39 is 5.82 Å². The van der Waals surface area contributed by atoms with Crippen LogP contribution < -0.4 is 10.2 Å². The van der Waals surface area contributed by atoms with Crippen LogP contribution >= 0.6 is 11.6 Å². The maximum absolute atomic E-state index is 13.6. The van der Waals surface area contributed by atoms with E-state index in [1.807, 2.05) is 36.1 Å². The fraction of sp³-hybridized carbons (Fsp3) is 0.188. The van der Waals surface area contributed by atoms with Crippen molar-refractivity contribution in [3.63, 3.8) is 0 Å². The molecule has 3 rings (SSSR count). The van der Waals surface area contributed by atoms with Crippen LogP contribution in [0, 0.1) is 12.7 Å². The van der Waals surface area contributed by atoms with Crippen LogP contribution in [0.25, 0.3) is 0 Å². The van der Waals surface area contributed by atoms with Gasteiger partial charge < -0.3 is 10.2 Å². The molecule has 2 aromatic rings. The number of anilines is 3. The van der Waals surface area contributed by atoms with Crippen LogP contribution in [0.1, 0.15) is 12.0 Å². The van der Waals surface area contributed by atoms with E-state index >= 15 is 0 Å². The number of fused-ring (bicyclic) bond motifs is 1. The summed E-state index contributed by atoms with van der Waals surface area (Å²) in [5, 5.41) is 2.77. The van der Waals surface area contributed by atoms with E-state index in [1.165, 1.54) is 6.07 Å². The molecule has 1 heterocycles. The third-order valence-electron chi connectivity index (χ3n) is 3.51. The molecule has 0 aromatic heterocycles. The van der Waals surface area contributed by atoms with Crippen molar-refractivity contribution in [2.45, 2.75) is 13.3 Å². The minimum Gasteiger partial charge on any atom is -0.339 e. The molecule has 1 aliphatic heterocycles. The summed E-state index contributed by atoms with van der Waals surface area (Å²) in [6, 6.07) is 10.8. The van der Waals surface area contributed by atoms with Crippen LogP contribution in [0.3, 0.4) is 0 Å². The highest BCUT2D eigenvalue weighted by atomic mass is 35.5. The number of nitrogens with zero attached hydrogens (tertiary/aromatic N) is 1. The van der Waals surface area contributed by atoms with E-state index in [1.54, 1.807) is 6.07 Å². The fourth-order valence-corrected chi connectivity index (χ4v) is 2.56. The molecular weight excluding hydrogens is 291 g/mol. The van der Waals surface area contributed by atoms with Gasteiger partial charge in [0.2, 0.25) is 5.91 Å². The molecule has 0 radical (unpaired) electrons. The average Bonchev–Trinajstić information content (AvgIpc) is 2.60. The summed E-state index contributed by atoms with van der Waals surface area (Å²) in [5.41, 5.74) is 3.25. The van der Waals surface area contributed by atoms with Crippen molar-refractivity contribution in [3.8, 4) is 0 Å². The number of benzene rings is 2. The van der Waals surface area contributed by atoms with Gasteiger partial charge in [0.1, 0.15) is 5.82 Å². The Bertz CT molecular complexity index is 700. The Morgan fingerprint density at radius 3 is 2.67 bits per heavy atom. The number of rotatable bonds is 1. The van der Waals surface area contributed by atoms with Crippen molar-refractivity contribution in [1.29, 1.82) is 0 Å². The minimum atomic E-state index is -0.540. The Kier molecular flexibility index (Phi) is 3.55. The van der Waals surface area contributed by atoms with Crippen LogP contribution in [-0.2, 0) is 4.79 Å². The number of nitrogens with one attached hydrogen (secondary N) is 1. The smallest absolute Gasteiger partial charge is 0.226 e. The lowest BCUT2D eigenvalue weighted by Gasteiger charge is -2.24. The Hall–Kier alpha value is -2.07. The lowest BCUT2D eigenvalue weighted by Crippen LogP contribution is -2.18. The molecule has 0 saturated heterocycles. The van der Waals surface area contributed by atoms with Crippen molar-refractivity contribution in [3.05, 3.63) is 52.8 Å². The van der Waals surface area contributed by atoms with Crippen molar-refractivity contribution in [2.75, 3.05) is 16.8 Å². The van der Waals surface area contributed by atoms with E-state index in [2.05, 4.69) is 5.32 Å². The molecule has 3 nitrogen and oxygen atoms in total. The molecule has 5 heteroatoms. The van der Waals surface area contributed by atoms with Gasteiger partial charge in [-0.15, -0.1) is 0 Å². The molecule has 1 N–H and O–H groups in total. The average molecular weight is 305 g/mol. The van der Waals surface area contributed by atoms with E-state index in [0.717, 1.165) is 11.3 Å². The molecule has 0 unspecified atom stereocenters. The van der Waals surface area contributed by atoms with Crippen LogP contribution in [-0.4, -0.2) is 12.5 Å². The van der Waals surface area contributed by atoms with Gasteiger partial charge in [0.05, 0.1) is 16.4 Å². The first-order chi connectivity index (χ1) is 10.0. The largest absolute Gasteiger partial charge is 0.339 e. The first kappa shape index (κ1) is 13.9. The molecule has 108 valence electrons. The maximum atomic E-state index is 13.6. The Labute approximate surface area is 127 Å². The van der Waals surface area contributed by atoms with E-state index in [0.29, 0.717) is 24.3 Å². The molecule has 0 spiro atoms. The van der Waals surface area contributed by atoms with E-state index in [4.69, 9.17) is 11.6 Å². The van der Waals surface area contributed by atoms with Gasteiger partial charge in [-0.2, -0.15) is 0 Å². The maximum Gasteiger partial charge on any atom is 0.226 e. The summed E-state index contributed by atoms with van der Waals surface area (Å²) < 4.78 is 13.6. The third kappa shape index (κ3) is 2.72. The monoisotopic (exact) mass is 304 g/mol. The van der Waals surface area contributed by atoms with Gasteiger partial charge in [-0.1, -0.05) is 29.3 Å². The third-order valence-corrected chi connectivity index (χ3v) is 3.80. The van der Waals surface area contributed by atoms with Gasteiger partial charge in [-0.05, 0) is 25.1 Å². The highest BCUT2D eigenvalue weighted by Gasteiger charge is 2.22. The Morgan fingerprint density at radius 1 is 1.24 bits per heavy atom.